The number of pyridine rings is 1. The Morgan fingerprint density at radius 3 is 2.52 bits per heavy atom. The van der Waals surface area contributed by atoms with Crippen molar-refractivity contribution in [2.75, 3.05) is 5.32 Å². The summed E-state index contributed by atoms with van der Waals surface area (Å²) in [5.74, 6) is -4.00. The van der Waals surface area contributed by atoms with Gasteiger partial charge in [0.05, 0.1) is 4.92 Å². The van der Waals surface area contributed by atoms with E-state index in [4.69, 9.17) is 5.11 Å². The smallest absolute Gasteiger partial charge is 0.354 e. The monoisotopic (exact) mass is 295 g/mol. The number of nitrogens with one attached hydrogen (secondary N) is 1. The Hall–Kier alpha value is -3.10. The van der Waals surface area contributed by atoms with Crippen molar-refractivity contribution in [2.45, 2.75) is 0 Å². The van der Waals surface area contributed by atoms with Crippen LogP contribution in [0.5, 0.6) is 0 Å². The van der Waals surface area contributed by atoms with Gasteiger partial charge in [-0.1, -0.05) is 0 Å². The van der Waals surface area contributed by atoms with Crippen molar-refractivity contribution >= 4 is 23.2 Å². The molecule has 0 unspecified atom stereocenters. The first-order chi connectivity index (χ1) is 9.88. The molecule has 0 bridgehead atoms. The van der Waals surface area contributed by atoms with E-state index in [0.717, 1.165) is 30.3 Å². The van der Waals surface area contributed by atoms with Gasteiger partial charge in [-0.2, -0.15) is 0 Å². The molecule has 0 aliphatic heterocycles. The van der Waals surface area contributed by atoms with Crippen LogP contribution in [0.25, 0.3) is 0 Å². The maximum Gasteiger partial charge on any atom is 0.354 e. The molecule has 108 valence electrons. The molecule has 0 aliphatic rings. The molecule has 2 rings (SSSR count). The van der Waals surface area contributed by atoms with Gasteiger partial charge in [0.1, 0.15) is 0 Å². The zero-order valence-electron chi connectivity index (χ0n) is 10.2. The molecular weight excluding hydrogens is 288 g/mol. The Labute approximate surface area is 116 Å². The van der Waals surface area contributed by atoms with E-state index in [1.54, 1.807) is 0 Å². The molecule has 0 fully saturated rings. The maximum atomic E-state index is 13.1. The maximum absolute atomic E-state index is 13.1. The van der Waals surface area contributed by atoms with E-state index in [1.807, 2.05) is 0 Å². The van der Waals surface area contributed by atoms with Gasteiger partial charge in [0.25, 0.3) is 0 Å². The number of aromatic carboxylic acids is 1. The highest BCUT2D eigenvalue weighted by Crippen LogP contribution is 2.26. The molecule has 0 radical (unpaired) electrons. The number of hydrogen-bond donors (Lipinski definition) is 2. The molecule has 0 saturated heterocycles. The van der Waals surface area contributed by atoms with Gasteiger partial charge in [-0.3, -0.25) is 10.1 Å². The lowest BCUT2D eigenvalue weighted by Crippen LogP contribution is -2.06. The number of rotatable bonds is 4. The first kappa shape index (κ1) is 14.3. The number of halogens is 2. The summed E-state index contributed by atoms with van der Waals surface area (Å²) in [5, 5.41) is 22.1. The first-order valence-corrected chi connectivity index (χ1v) is 5.49. The summed E-state index contributed by atoms with van der Waals surface area (Å²) < 4.78 is 25.9. The zero-order valence-corrected chi connectivity index (χ0v) is 10.2. The minimum absolute atomic E-state index is 0.00737. The normalized spacial score (nSPS) is 10.2. The predicted molar refractivity (Wildman–Crippen MR) is 67.5 cm³/mol. The number of benzene rings is 1. The number of nitrogens with zero attached hydrogens (tertiary/aromatic N) is 2. The molecule has 0 amide bonds. The van der Waals surface area contributed by atoms with E-state index in [0.29, 0.717) is 0 Å². The molecule has 0 saturated carbocycles. The van der Waals surface area contributed by atoms with Crippen molar-refractivity contribution in [2.24, 2.45) is 0 Å². The summed E-state index contributed by atoms with van der Waals surface area (Å²) >= 11 is 0. The van der Waals surface area contributed by atoms with Gasteiger partial charge in [-0.05, 0) is 18.2 Å². The van der Waals surface area contributed by atoms with Gasteiger partial charge < -0.3 is 10.4 Å². The van der Waals surface area contributed by atoms with Gasteiger partial charge in [0.2, 0.25) is 5.82 Å². The van der Waals surface area contributed by atoms with E-state index in [9.17, 15) is 23.7 Å². The van der Waals surface area contributed by atoms with Gasteiger partial charge in [0, 0.05) is 17.8 Å². The number of carbonyl (C=O) groups is 1. The second-order valence-corrected chi connectivity index (χ2v) is 3.88. The zero-order chi connectivity index (χ0) is 15.6. The van der Waals surface area contributed by atoms with E-state index in [1.165, 1.54) is 0 Å². The number of hydrogen-bond acceptors (Lipinski definition) is 5. The van der Waals surface area contributed by atoms with Crippen LogP contribution in [-0.2, 0) is 0 Å². The fourth-order valence-electron chi connectivity index (χ4n) is 1.52. The van der Waals surface area contributed by atoms with Crippen LogP contribution < -0.4 is 5.32 Å². The van der Waals surface area contributed by atoms with E-state index < -0.39 is 33.9 Å². The van der Waals surface area contributed by atoms with E-state index >= 15 is 0 Å². The van der Waals surface area contributed by atoms with Crippen LogP contribution in [-0.4, -0.2) is 21.0 Å². The van der Waals surface area contributed by atoms with Crippen molar-refractivity contribution < 1.29 is 23.6 Å². The molecule has 2 aromatic rings. The lowest BCUT2D eigenvalue weighted by Gasteiger charge is -2.07. The summed E-state index contributed by atoms with van der Waals surface area (Å²) in [5.41, 5.74) is -0.928. The summed E-state index contributed by atoms with van der Waals surface area (Å²) in [4.78, 5) is 24.5. The molecule has 0 atom stereocenters. The van der Waals surface area contributed by atoms with Crippen molar-refractivity contribution in [3.63, 3.8) is 0 Å². The molecule has 1 heterocycles. The average molecular weight is 295 g/mol. The van der Waals surface area contributed by atoms with E-state index in [2.05, 4.69) is 10.3 Å². The van der Waals surface area contributed by atoms with Gasteiger partial charge in [0.15, 0.2) is 17.3 Å². The summed E-state index contributed by atoms with van der Waals surface area (Å²) in [6.07, 6.45) is 0. The van der Waals surface area contributed by atoms with Crippen molar-refractivity contribution in [1.82, 2.24) is 4.98 Å². The fourth-order valence-corrected chi connectivity index (χ4v) is 1.52. The topological polar surface area (TPSA) is 105 Å². The van der Waals surface area contributed by atoms with Gasteiger partial charge in [-0.25, -0.2) is 18.6 Å². The van der Waals surface area contributed by atoms with Crippen molar-refractivity contribution in [1.29, 1.82) is 0 Å². The number of carboxylic acid groups (broad SMARTS) is 1. The minimum atomic E-state index is -1.38. The highest BCUT2D eigenvalue weighted by atomic mass is 19.2. The highest BCUT2D eigenvalue weighted by molar-refractivity contribution is 5.86. The standard InChI is InChI=1S/C12H7F2N3O4/c13-7-2-1-6(5-8(7)14)15-11-10(17(20)21)4-3-9(16-11)12(18)19/h1-5H,(H,15,16)(H,18,19). The first-order valence-electron chi connectivity index (χ1n) is 5.49. The summed E-state index contributed by atoms with van der Waals surface area (Å²) in [7, 11) is 0. The van der Waals surface area contributed by atoms with Crippen LogP contribution in [0.15, 0.2) is 30.3 Å². The number of anilines is 2. The summed E-state index contributed by atoms with van der Waals surface area (Å²) in [6, 6.07) is 4.66. The molecule has 1 aromatic heterocycles. The molecule has 7 nitrogen and oxygen atoms in total. The Morgan fingerprint density at radius 2 is 1.95 bits per heavy atom. The largest absolute Gasteiger partial charge is 0.477 e. The molecule has 2 N–H and O–H groups in total. The molecule has 9 heteroatoms. The van der Waals surface area contributed by atoms with Crippen LogP contribution in [0.2, 0.25) is 0 Å². The molecule has 21 heavy (non-hydrogen) atoms. The highest BCUT2D eigenvalue weighted by Gasteiger charge is 2.19. The lowest BCUT2D eigenvalue weighted by molar-refractivity contribution is -0.384. The Kier molecular flexibility index (Phi) is 3.74. The predicted octanol–water partition coefficient (Wildman–Crippen LogP) is 2.71. The fraction of sp³-hybridized carbons (Fsp3) is 0. The van der Waals surface area contributed by atoms with Crippen molar-refractivity contribution in [3.05, 3.63) is 57.8 Å². The minimum Gasteiger partial charge on any atom is -0.477 e. The molecule has 1 aromatic carbocycles. The summed E-state index contributed by atoms with van der Waals surface area (Å²) in [6.45, 7) is 0. The third-order valence-electron chi connectivity index (χ3n) is 2.47. The number of aromatic nitrogens is 1. The van der Waals surface area contributed by atoms with E-state index in [-0.39, 0.29) is 11.5 Å². The van der Waals surface area contributed by atoms with Gasteiger partial charge in [-0.15, -0.1) is 0 Å². The number of nitro groups is 1. The van der Waals surface area contributed by atoms with Crippen LogP contribution in [0, 0.1) is 21.7 Å². The number of carboxylic acids is 1. The lowest BCUT2D eigenvalue weighted by atomic mass is 10.2. The van der Waals surface area contributed by atoms with Crippen LogP contribution in [0.4, 0.5) is 26.0 Å². The molecule has 0 spiro atoms. The Balaban J connectivity index is 2.45. The molecular formula is C12H7F2N3O4. The van der Waals surface area contributed by atoms with Crippen LogP contribution in [0.3, 0.4) is 0 Å². The van der Waals surface area contributed by atoms with Gasteiger partial charge >= 0.3 is 11.7 Å². The quantitative estimate of drug-likeness (QED) is 0.663. The third kappa shape index (κ3) is 3.08. The SMILES string of the molecule is O=C(O)c1ccc([N+](=O)[O-])c(Nc2ccc(F)c(F)c2)n1. The third-order valence-corrected chi connectivity index (χ3v) is 2.47. The Morgan fingerprint density at radius 1 is 1.24 bits per heavy atom. The van der Waals surface area contributed by atoms with Crippen LogP contribution >= 0.6 is 0 Å². The van der Waals surface area contributed by atoms with Crippen LogP contribution in [0.1, 0.15) is 10.5 Å². The molecule has 0 aliphatic carbocycles. The average Bonchev–Trinajstić information content (AvgIpc) is 2.42. The Bertz CT molecular complexity index is 736. The second-order valence-electron chi connectivity index (χ2n) is 3.88. The van der Waals surface area contributed by atoms with Crippen molar-refractivity contribution in [3.8, 4) is 0 Å². The second kappa shape index (κ2) is 5.49.